The molecule has 1 aliphatic rings. The Morgan fingerprint density at radius 3 is 2.43 bits per heavy atom. The van der Waals surface area contributed by atoms with E-state index in [0.29, 0.717) is 27.4 Å². The first-order valence-corrected chi connectivity index (χ1v) is 13.2. The zero-order valence-corrected chi connectivity index (χ0v) is 22.5. The molecule has 37 heavy (non-hydrogen) atoms. The highest BCUT2D eigenvalue weighted by atomic mass is 35.5. The lowest BCUT2D eigenvalue weighted by atomic mass is 9.95. The van der Waals surface area contributed by atoms with Gasteiger partial charge in [0.15, 0.2) is 0 Å². The Morgan fingerprint density at radius 2 is 1.73 bits per heavy atom. The number of hydrogen-bond acceptors (Lipinski definition) is 3. The molecule has 192 valence electrons. The molecule has 0 aliphatic heterocycles. The molecule has 6 nitrogen and oxygen atoms in total. The van der Waals surface area contributed by atoms with Crippen LogP contribution in [0.25, 0.3) is 22.0 Å². The molecule has 1 fully saturated rings. The molecule has 7 heteroatoms. The number of fused-ring (bicyclic) bond motifs is 1. The molecule has 0 spiro atoms. The summed E-state index contributed by atoms with van der Waals surface area (Å²) in [7, 11) is 1.72. The molecule has 0 atom stereocenters. The Kier molecular flexibility index (Phi) is 6.86. The van der Waals surface area contributed by atoms with Gasteiger partial charge in [0.25, 0.3) is 11.5 Å². The topological polar surface area (TPSA) is 76.1 Å². The quantitative estimate of drug-likeness (QED) is 0.300. The largest absolute Gasteiger partial charge is 0.457 e. The predicted octanol–water partition coefficient (Wildman–Crippen LogP) is 6.97. The first-order valence-electron chi connectivity index (χ1n) is 12.8. The standard InChI is InChI=1S/C30H32ClN3O3/c1-17-10-20(14-23(11-17)37-28-18(2)12-21(31)13-19(28)3)25-16-34(4)30(36)27-24(25)15-26(33-27)29(35)32-22-8-6-5-7-9-22/h10-16,22,33H,5-9H2,1-4H3,(H,32,35). The fourth-order valence-corrected chi connectivity index (χ4v) is 5.66. The molecule has 2 aromatic heterocycles. The number of aromatic amines is 1. The number of H-pyrrole nitrogens is 1. The van der Waals surface area contributed by atoms with E-state index in [-0.39, 0.29) is 17.5 Å². The molecule has 0 bridgehead atoms. The van der Waals surface area contributed by atoms with Crippen LogP contribution in [0.2, 0.25) is 5.02 Å². The lowest BCUT2D eigenvalue weighted by Crippen LogP contribution is -2.36. The van der Waals surface area contributed by atoms with Crippen LogP contribution >= 0.6 is 11.6 Å². The summed E-state index contributed by atoms with van der Waals surface area (Å²) in [6, 6.07) is 11.8. The summed E-state index contributed by atoms with van der Waals surface area (Å²) >= 11 is 6.20. The number of halogens is 1. The molecule has 1 amide bonds. The van der Waals surface area contributed by atoms with Gasteiger partial charge in [-0.25, -0.2) is 0 Å². The van der Waals surface area contributed by atoms with Gasteiger partial charge in [-0.15, -0.1) is 0 Å². The number of carbonyl (C=O) groups excluding carboxylic acids is 1. The highest BCUT2D eigenvalue weighted by molar-refractivity contribution is 6.30. The highest BCUT2D eigenvalue weighted by Crippen LogP contribution is 2.35. The third kappa shape index (κ3) is 5.16. The number of ether oxygens (including phenoxy) is 1. The van der Waals surface area contributed by atoms with Crippen molar-refractivity contribution in [1.82, 2.24) is 14.9 Å². The highest BCUT2D eigenvalue weighted by Gasteiger charge is 2.20. The number of aromatic nitrogens is 2. The van der Waals surface area contributed by atoms with Crippen molar-refractivity contribution in [2.24, 2.45) is 7.05 Å². The molecule has 0 saturated heterocycles. The molecule has 2 N–H and O–H groups in total. The SMILES string of the molecule is Cc1cc(Oc2c(C)cc(Cl)cc2C)cc(-c2cn(C)c(=O)c3[nH]c(C(=O)NC4CCCCC4)cc23)c1. The predicted molar refractivity (Wildman–Crippen MR) is 149 cm³/mol. The van der Waals surface area contributed by atoms with Crippen molar-refractivity contribution in [3.8, 4) is 22.6 Å². The second-order valence-corrected chi connectivity index (χ2v) is 10.7. The summed E-state index contributed by atoms with van der Waals surface area (Å²) < 4.78 is 7.88. The lowest BCUT2D eigenvalue weighted by molar-refractivity contribution is 0.0923. The first kappa shape index (κ1) is 25.2. The Morgan fingerprint density at radius 1 is 1.03 bits per heavy atom. The van der Waals surface area contributed by atoms with E-state index in [4.69, 9.17) is 16.3 Å². The van der Waals surface area contributed by atoms with Gasteiger partial charge in [0.2, 0.25) is 0 Å². The van der Waals surface area contributed by atoms with Gasteiger partial charge in [-0.1, -0.05) is 36.9 Å². The minimum atomic E-state index is -0.174. The van der Waals surface area contributed by atoms with E-state index >= 15 is 0 Å². The smallest absolute Gasteiger partial charge is 0.274 e. The molecule has 2 aromatic carbocycles. The Labute approximate surface area is 221 Å². The Hall–Kier alpha value is -3.51. The molecule has 1 saturated carbocycles. The normalized spacial score (nSPS) is 14.2. The fraction of sp³-hybridized carbons (Fsp3) is 0.333. The van der Waals surface area contributed by atoms with Crippen LogP contribution in [-0.2, 0) is 7.05 Å². The van der Waals surface area contributed by atoms with Crippen LogP contribution in [0.4, 0.5) is 0 Å². The van der Waals surface area contributed by atoms with Gasteiger partial charge in [-0.05, 0) is 86.2 Å². The molecular formula is C30H32ClN3O3. The first-order chi connectivity index (χ1) is 17.7. The van der Waals surface area contributed by atoms with Crippen LogP contribution in [0.5, 0.6) is 11.5 Å². The number of aryl methyl sites for hydroxylation is 4. The second-order valence-electron chi connectivity index (χ2n) is 10.2. The van der Waals surface area contributed by atoms with Crippen molar-refractivity contribution in [3.63, 3.8) is 0 Å². The zero-order valence-electron chi connectivity index (χ0n) is 21.7. The molecule has 2 heterocycles. The third-order valence-corrected chi connectivity index (χ3v) is 7.37. The number of carbonyl (C=O) groups is 1. The third-order valence-electron chi connectivity index (χ3n) is 7.16. The Balaban J connectivity index is 1.55. The second kappa shape index (κ2) is 10.1. The van der Waals surface area contributed by atoms with E-state index in [9.17, 15) is 9.59 Å². The van der Waals surface area contributed by atoms with Crippen LogP contribution in [-0.4, -0.2) is 21.5 Å². The lowest BCUT2D eigenvalue weighted by Gasteiger charge is -2.22. The summed E-state index contributed by atoms with van der Waals surface area (Å²) in [4.78, 5) is 29.1. The van der Waals surface area contributed by atoms with Crippen LogP contribution in [0, 0.1) is 20.8 Å². The van der Waals surface area contributed by atoms with Gasteiger partial charge >= 0.3 is 0 Å². The molecule has 4 aromatic rings. The van der Waals surface area contributed by atoms with E-state index in [1.54, 1.807) is 17.7 Å². The number of pyridine rings is 1. The minimum Gasteiger partial charge on any atom is -0.457 e. The van der Waals surface area contributed by atoms with E-state index in [1.165, 1.54) is 6.42 Å². The summed E-state index contributed by atoms with van der Waals surface area (Å²) in [6.45, 7) is 5.96. The molecular weight excluding hydrogens is 486 g/mol. The van der Waals surface area contributed by atoms with E-state index in [0.717, 1.165) is 59.3 Å². The van der Waals surface area contributed by atoms with E-state index in [2.05, 4.69) is 16.4 Å². The van der Waals surface area contributed by atoms with Crippen molar-refractivity contribution >= 4 is 28.4 Å². The van der Waals surface area contributed by atoms with Gasteiger partial charge in [-0.2, -0.15) is 0 Å². The maximum absolute atomic E-state index is 13.0. The van der Waals surface area contributed by atoms with Gasteiger partial charge in [0.1, 0.15) is 22.7 Å². The number of benzene rings is 2. The monoisotopic (exact) mass is 517 g/mol. The zero-order chi connectivity index (χ0) is 26.3. The number of hydrogen-bond donors (Lipinski definition) is 2. The minimum absolute atomic E-state index is 0.168. The number of rotatable bonds is 5. The molecule has 0 radical (unpaired) electrons. The molecule has 0 unspecified atom stereocenters. The average molecular weight is 518 g/mol. The summed E-state index contributed by atoms with van der Waals surface area (Å²) in [5.41, 5.74) is 5.33. The van der Waals surface area contributed by atoms with Crippen molar-refractivity contribution in [3.05, 3.63) is 80.4 Å². The van der Waals surface area contributed by atoms with Gasteiger partial charge < -0.3 is 19.6 Å². The van der Waals surface area contributed by atoms with E-state index in [1.807, 2.05) is 51.2 Å². The maximum Gasteiger partial charge on any atom is 0.274 e. The average Bonchev–Trinajstić information content (AvgIpc) is 3.30. The van der Waals surface area contributed by atoms with Crippen molar-refractivity contribution < 1.29 is 9.53 Å². The number of nitrogens with zero attached hydrogens (tertiary/aromatic N) is 1. The van der Waals surface area contributed by atoms with Crippen molar-refractivity contribution in [2.75, 3.05) is 0 Å². The van der Waals surface area contributed by atoms with E-state index < -0.39 is 0 Å². The van der Waals surface area contributed by atoms with Gasteiger partial charge in [0, 0.05) is 35.3 Å². The van der Waals surface area contributed by atoms with Crippen molar-refractivity contribution in [2.45, 2.75) is 58.9 Å². The molecule has 1 aliphatic carbocycles. The Bertz CT molecular complexity index is 1540. The summed E-state index contributed by atoms with van der Waals surface area (Å²) in [5.74, 6) is 1.30. The summed E-state index contributed by atoms with van der Waals surface area (Å²) in [5, 5.41) is 4.53. The number of nitrogens with one attached hydrogen (secondary N) is 2. The van der Waals surface area contributed by atoms with Crippen LogP contribution in [0.3, 0.4) is 0 Å². The molecule has 5 rings (SSSR count). The fourth-order valence-electron chi connectivity index (χ4n) is 5.33. The van der Waals surface area contributed by atoms with Gasteiger partial charge in [-0.3, -0.25) is 9.59 Å². The van der Waals surface area contributed by atoms with Crippen LogP contribution < -0.4 is 15.6 Å². The van der Waals surface area contributed by atoms with Crippen molar-refractivity contribution in [1.29, 1.82) is 0 Å². The van der Waals surface area contributed by atoms with Crippen LogP contribution in [0.15, 0.2) is 47.4 Å². The maximum atomic E-state index is 13.0. The number of amides is 1. The summed E-state index contributed by atoms with van der Waals surface area (Å²) in [6.07, 6.45) is 7.30. The van der Waals surface area contributed by atoms with Crippen LogP contribution in [0.1, 0.15) is 59.3 Å². The van der Waals surface area contributed by atoms with Gasteiger partial charge in [0.05, 0.1) is 0 Å².